The molecule has 2 aliphatic heterocycles. The summed E-state index contributed by atoms with van der Waals surface area (Å²) < 4.78 is 0. The van der Waals surface area contributed by atoms with Gasteiger partial charge in [0, 0.05) is 17.2 Å². The summed E-state index contributed by atoms with van der Waals surface area (Å²) in [4.78, 5) is 28.5. The van der Waals surface area contributed by atoms with Gasteiger partial charge in [-0.15, -0.1) is 11.8 Å². The summed E-state index contributed by atoms with van der Waals surface area (Å²) in [6, 6.07) is 7.37. The molecule has 0 saturated carbocycles. The van der Waals surface area contributed by atoms with Crippen LogP contribution in [0.2, 0.25) is 0 Å². The summed E-state index contributed by atoms with van der Waals surface area (Å²) >= 11 is 1.76. The fraction of sp³-hybridized carbons (Fsp3) is 0.467. The topological polar surface area (TPSA) is 60.9 Å². The van der Waals surface area contributed by atoms with E-state index in [2.05, 4.69) is 0 Å². The second kappa shape index (κ2) is 6.07. The number of aliphatic carboxylic acids is 1. The van der Waals surface area contributed by atoms with Gasteiger partial charge in [-0.2, -0.15) is 0 Å². The minimum Gasteiger partial charge on any atom is -0.480 e. The summed E-state index contributed by atoms with van der Waals surface area (Å²) in [6.45, 7) is 1.56. The van der Waals surface area contributed by atoms with Gasteiger partial charge < -0.3 is 10.0 Å². The lowest BCUT2D eigenvalue weighted by atomic mass is 10.2. The molecule has 2 heterocycles. The number of para-hydroxylation sites is 1. The van der Waals surface area contributed by atoms with Crippen molar-refractivity contribution < 1.29 is 14.7 Å². The van der Waals surface area contributed by atoms with E-state index in [4.69, 9.17) is 0 Å². The predicted octanol–water partition coefficient (Wildman–Crippen LogP) is 1.67. The maximum absolute atomic E-state index is 12.6. The molecule has 1 amide bonds. The van der Waals surface area contributed by atoms with Crippen molar-refractivity contribution in [2.24, 2.45) is 0 Å². The van der Waals surface area contributed by atoms with Crippen LogP contribution < -0.4 is 4.90 Å². The van der Waals surface area contributed by atoms with Gasteiger partial charge in [-0.05, 0) is 31.5 Å². The van der Waals surface area contributed by atoms with E-state index in [0.29, 0.717) is 19.5 Å². The smallest absolute Gasteiger partial charge is 0.320 e. The molecule has 0 spiro atoms. The van der Waals surface area contributed by atoms with Crippen LogP contribution in [0, 0.1) is 0 Å². The van der Waals surface area contributed by atoms with E-state index >= 15 is 0 Å². The lowest BCUT2D eigenvalue weighted by molar-refractivity contribution is -0.142. The Morgan fingerprint density at radius 2 is 2.10 bits per heavy atom. The maximum Gasteiger partial charge on any atom is 0.320 e. The lowest BCUT2D eigenvalue weighted by Gasteiger charge is -2.31. The van der Waals surface area contributed by atoms with Crippen LogP contribution in [0.5, 0.6) is 0 Å². The summed E-state index contributed by atoms with van der Waals surface area (Å²) in [5.74, 6) is 0.0521. The van der Waals surface area contributed by atoms with Gasteiger partial charge in [0.05, 0.1) is 12.2 Å². The number of fused-ring (bicyclic) bond motifs is 1. The van der Waals surface area contributed by atoms with Crippen molar-refractivity contribution in [2.45, 2.75) is 23.8 Å². The van der Waals surface area contributed by atoms with E-state index in [9.17, 15) is 14.7 Å². The van der Waals surface area contributed by atoms with Crippen molar-refractivity contribution in [2.75, 3.05) is 30.3 Å². The monoisotopic (exact) mass is 306 g/mol. The number of benzene rings is 1. The van der Waals surface area contributed by atoms with Crippen LogP contribution in [0.3, 0.4) is 0 Å². The molecule has 2 aliphatic rings. The molecule has 1 saturated heterocycles. The lowest BCUT2D eigenvalue weighted by Crippen LogP contribution is -2.46. The van der Waals surface area contributed by atoms with Gasteiger partial charge in [0.15, 0.2) is 0 Å². The number of hydrogen-bond acceptors (Lipinski definition) is 4. The van der Waals surface area contributed by atoms with Crippen LogP contribution in [-0.2, 0) is 9.59 Å². The quantitative estimate of drug-likeness (QED) is 0.920. The number of carboxylic acid groups (broad SMARTS) is 1. The molecule has 21 heavy (non-hydrogen) atoms. The minimum absolute atomic E-state index is 0.00380. The second-order valence-electron chi connectivity index (χ2n) is 5.33. The number of rotatable bonds is 3. The number of carbonyl (C=O) groups is 2. The minimum atomic E-state index is -0.824. The normalized spacial score (nSPS) is 22.1. The largest absolute Gasteiger partial charge is 0.480 e. The molecule has 1 aromatic rings. The average Bonchev–Trinajstić information content (AvgIpc) is 2.95. The summed E-state index contributed by atoms with van der Waals surface area (Å²) in [5, 5.41) is 9.19. The Hall–Kier alpha value is -1.53. The molecule has 0 bridgehead atoms. The fourth-order valence-corrected chi connectivity index (χ4v) is 3.98. The van der Waals surface area contributed by atoms with Crippen molar-refractivity contribution in [3.8, 4) is 0 Å². The third-order valence-corrected chi connectivity index (χ3v) is 5.06. The summed E-state index contributed by atoms with van der Waals surface area (Å²) in [5.41, 5.74) is 0.949. The molecule has 0 unspecified atom stereocenters. The van der Waals surface area contributed by atoms with Gasteiger partial charge in [0.2, 0.25) is 5.91 Å². The molecule has 1 atom stereocenters. The highest BCUT2D eigenvalue weighted by atomic mass is 32.2. The predicted molar refractivity (Wildman–Crippen MR) is 81.7 cm³/mol. The van der Waals surface area contributed by atoms with Crippen molar-refractivity contribution in [3.05, 3.63) is 24.3 Å². The van der Waals surface area contributed by atoms with Crippen molar-refractivity contribution in [3.63, 3.8) is 0 Å². The van der Waals surface area contributed by atoms with Crippen molar-refractivity contribution in [1.29, 1.82) is 0 Å². The molecule has 1 aromatic carbocycles. The molecular weight excluding hydrogens is 288 g/mol. The van der Waals surface area contributed by atoms with Gasteiger partial charge in [-0.25, -0.2) is 0 Å². The van der Waals surface area contributed by atoms with Gasteiger partial charge in [0.1, 0.15) is 6.04 Å². The van der Waals surface area contributed by atoms with Gasteiger partial charge >= 0.3 is 5.97 Å². The molecule has 1 N–H and O–H groups in total. The number of amides is 1. The van der Waals surface area contributed by atoms with Gasteiger partial charge in [-0.1, -0.05) is 12.1 Å². The van der Waals surface area contributed by atoms with Crippen LogP contribution in [0.4, 0.5) is 5.69 Å². The number of hydrogen-bond donors (Lipinski definition) is 1. The highest BCUT2D eigenvalue weighted by Gasteiger charge is 2.33. The van der Waals surface area contributed by atoms with E-state index in [1.54, 1.807) is 21.6 Å². The number of thioether (sulfide) groups is 1. The maximum atomic E-state index is 12.6. The SMILES string of the molecule is O=C(O)[C@@H]1CCCN1CC(=O)N1CCSc2ccccc21. The number of carboxylic acids is 1. The third kappa shape index (κ3) is 2.91. The van der Waals surface area contributed by atoms with Crippen LogP contribution in [0.25, 0.3) is 0 Å². The zero-order valence-corrected chi connectivity index (χ0v) is 12.5. The van der Waals surface area contributed by atoms with Crippen LogP contribution >= 0.6 is 11.8 Å². The van der Waals surface area contributed by atoms with Gasteiger partial charge in [0.25, 0.3) is 0 Å². The van der Waals surface area contributed by atoms with E-state index in [1.165, 1.54) is 0 Å². The Kier molecular flexibility index (Phi) is 4.17. The first kappa shape index (κ1) is 14.4. The Bertz CT molecular complexity index is 564. The highest BCUT2D eigenvalue weighted by Crippen LogP contribution is 2.34. The molecule has 1 fully saturated rings. The molecule has 3 rings (SSSR count). The highest BCUT2D eigenvalue weighted by molar-refractivity contribution is 7.99. The summed E-state index contributed by atoms with van der Waals surface area (Å²) in [7, 11) is 0. The fourth-order valence-electron chi connectivity index (χ4n) is 2.98. The Morgan fingerprint density at radius 3 is 2.90 bits per heavy atom. The molecule has 0 aliphatic carbocycles. The second-order valence-corrected chi connectivity index (χ2v) is 6.47. The van der Waals surface area contributed by atoms with Crippen LogP contribution in [-0.4, -0.2) is 53.3 Å². The number of nitrogens with zero attached hydrogens (tertiary/aromatic N) is 2. The molecule has 5 nitrogen and oxygen atoms in total. The third-order valence-electron chi connectivity index (χ3n) is 4.02. The molecule has 6 heteroatoms. The van der Waals surface area contributed by atoms with E-state index in [-0.39, 0.29) is 12.5 Å². The van der Waals surface area contributed by atoms with E-state index < -0.39 is 12.0 Å². The first-order valence-corrected chi connectivity index (χ1v) is 8.14. The van der Waals surface area contributed by atoms with Crippen molar-refractivity contribution >= 4 is 29.3 Å². The first-order valence-electron chi connectivity index (χ1n) is 7.16. The Morgan fingerprint density at radius 1 is 1.29 bits per heavy atom. The zero-order valence-electron chi connectivity index (χ0n) is 11.7. The standard InChI is InChI=1S/C15H18N2O3S/c18-14(10-16-7-3-5-12(16)15(19)20)17-8-9-21-13-6-2-1-4-11(13)17/h1-2,4,6,12H,3,5,7-10H2,(H,19,20)/t12-/m0/s1. The Labute approximate surface area is 127 Å². The van der Waals surface area contributed by atoms with Crippen LogP contribution in [0.15, 0.2) is 29.2 Å². The van der Waals surface area contributed by atoms with Gasteiger partial charge in [-0.3, -0.25) is 14.5 Å². The Balaban J connectivity index is 1.73. The molecular formula is C15H18N2O3S. The van der Waals surface area contributed by atoms with Crippen molar-refractivity contribution in [1.82, 2.24) is 4.90 Å². The first-order chi connectivity index (χ1) is 10.2. The summed E-state index contributed by atoms with van der Waals surface area (Å²) in [6.07, 6.45) is 1.48. The molecule has 112 valence electrons. The average molecular weight is 306 g/mol. The van der Waals surface area contributed by atoms with E-state index in [0.717, 1.165) is 22.8 Å². The number of likely N-dealkylation sites (tertiary alicyclic amines) is 1. The molecule has 0 aromatic heterocycles. The zero-order chi connectivity index (χ0) is 14.8. The number of anilines is 1. The number of carbonyl (C=O) groups excluding carboxylic acids is 1. The molecule has 0 radical (unpaired) electrons. The van der Waals surface area contributed by atoms with E-state index in [1.807, 2.05) is 24.3 Å². The van der Waals surface area contributed by atoms with Crippen LogP contribution in [0.1, 0.15) is 12.8 Å².